The molecule has 0 atom stereocenters. The fraction of sp³-hybridized carbons (Fsp3) is 0.227. The molecule has 0 bridgehead atoms. The number of fused-ring (bicyclic) bond motifs is 1. The summed E-state index contributed by atoms with van der Waals surface area (Å²) in [5.74, 6) is 0.599. The van der Waals surface area contributed by atoms with Crippen molar-refractivity contribution in [2.75, 3.05) is 19.7 Å². The highest BCUT2D eigenvalue weighted by atomic mass is 32.2. The van der Waals surface area contributed by atoms with Gasteiger partial charge < -0.3 is 4.74 Å². The first-order valence-electron chi connectivity index (χ1n) is 9.36. The van der Waals surface area contributed by atoms with E-state index >= 15 is 0 Å². The van der Waals surface area contributed by atoms with E-state index in [1.54, 1.807) is 30.5 Å². The minimum absolute atomic E-state index is 0.274. The van der Waals surface area contributed by atoms with Gasteiger partial charge in [0.2, 0.25) is 10.0 Å². The molecule has 2 heterocycles. The van der Waals surface area contributed by atoms with Crippen molar-refractivity contribution in [2.45, 2.75) is 18.2 Å². The molecule has 0 spiro atoms. The second-order valence-electron chi connectivity index (χ2n) is 6.60. The van der Waals surface area contributed by atoms with Crippen LogP contribution in [0.3, 0.4) is 0 Å². The molecule has 28 heavy (non-hydrogen) atoms. The van der Waals surface area contributed by atoms with E-state index in [9.17, 15) is 8.42 Å². The van der Waals surface area contributed by atoms with Crippen LogP contribution in [0.4, 0.5) is 0 Å². The largest absolute Gasteiger partial charge is 0.492 e. The molecule has 1 aromatic heterocycles. The molecule has 1 aliphatic rings. The number of hydrogen-bond acceptors (Lipinski definition) is 4. The second-order valence-corrected chi connectivity index (χ2v) is 8.51. The van der Waals surface area contributed by atoms with Gasteiger partial charge in [0.05, 0.1) is 11.5 Å². The molecule has 6 heteroatoms. The summed E-state index contributed by atoms with van der Waals surface area (Å²) in [4.78, 5) is 4.62. The highest BCUT2D eigenvalue weighted by Crippen LogP contribution is 2.32. The molecular formula is C22H22N2O3S. The molecular weight excluding hydrogens is 372 g/mol. The van der Waals surface area contributed by atoms with Crippen molar-refractivity contribution < 1.29 is 13.2 Å². The first-order chi connectivity index (χ1) is 13.6. The summed E-state index contributed by atoms with van der Waals surface area (Å²) in [6.45, 7) is 3.21. The van der Waals surface area contributed by atoms with Gasteiger partial charge in [-0.25, -0.2) is 8.42 Å². The number of rotatable bonds is 5. The maximum Gasteiger partial charge on any atom is 0.244 e. The molecule has 0 amide bonds. The Morgan fingerprint density at radius 1 is 1.07 bits per heavy atom. The third kappa shape index (κ3) is 3.41. The van der Waals surface area contributed by atoms with Gasteiger partial charge in [-0.2, -0.15) is 4.31 Å². The average Bonchev–Trinajstić information content (AvgIpc) is 2.75. The van der Waals surface area contributed by atoms with Gasteiger partial charge in [-0.1, -0.05) is 36.4 Å². The molecule has 0 saturated heterocycles. The third-order valence-electron chi connectivity index (χ3n) is 4.93. The summed E-state index contributed by atoms with van der Waals surface area (Å²) in [6.07, 6.45) is 4.35. The fourth-order valence-corrected chi connectivity index (χ4v) is 5.10. The van der Waals surface area contributed by atoms with Crippen LogP contribution in [0.1, 0.15) is 18.9 Å². The minimum Gasteiger partial charge on any atom is -0.492 e. The number of benzene rings is 2. The predicted octanol–water partition coefficient (Wildman–Crippen LogP) is 4.11. The van der Waals surface area contributed by atoms with Gasteiger partial charge in [-0.05, 0) is 48.7 Å². The van der Waals surface area contributed by atoms with Crippen molar-refractivity contribution in [3.05, 3.63) is 72.4 Å². The Morgan fingerprint density at radius 2 is 1.89 bits per heavy atom. The average molecular weight is 394 g/mol. The second kappa shape index (κ2) is 7.73. The molecule has 5 nitrogen and oxygen atoms in total. The Labute approximate surface area is 165 Å². The lowest BCUT2D eigenvalue weighted by molar-refractivity contribution is 0.343. The number of ether oxygens (including phenoxy) is 1. The van der Waals surface area contributed by atoms with E-state index in [-0.39, 0.29) is 4.90 Å². The van der Waals surface area contributed by atoms with E-state index in [1.165, 1.54) is 9.88 Å². The molecule has 4 rings (SSSR count). The SMILES string of the molecule is CCOc1ccc(S(=O)(=O)N2CC=C(c3ccccc3)CC2)c2cccnc12. The van der Waals surface area contributed by atoms with Crippen molar-refractivity contribution in [1.29, 1.82) is 0 Å². The van der Waals surface area contributed by atoms with Crippen LogP contribution in [0.2, 0.25) is 0 Å². The molecule has 0 radical (unpaired) electrons. The maximum absolute atomic E-state index is 13.3. The molecule has 3 aromatic rings. The Hall–Kier alpha value is -2.70. The van der Waals surface area contributed by atoms with E-state index in [0.29, 0.717) is 42.8 Å². The summed E-state index contributed by atoms with van der Waals surface area (Å²) < 4.78 is 33.8. The van der Waals surface area contributed by atoms with Gasteiger partial charge in [0.15, 0.2) is 0 Å². The zero-order valence-electron chi connectivity index (χ0n) is 15.7. The van der Waals surface area contributed by atoms with Gasteiger partial charge in [-0.3, -0.25) is 4.98 Å². The van der Waals surface area contributed by atoms with Crippen LogP contribution in [0.25, 0.3) is 16.5 Å². The first-order valence-corrected chi connectivity index (χ1v) is 10.8. The lowest BCUT2D eigenvalue weighted by Gasteiger charge is -2.26. The molecule has 1 aliphatic heterocycles. The van der Waals surface area contributed by atoms with E-state index < -0.39 is 10.0 Å². The third-order valence-corrected chi connectivity index (χ3v) is 6.85. The molecule has 144 valence electrons. The Balaban J connectivity index is 1.68. The maximum atomic E-state index is 13.3. The molecule has 0 fully saturated rings. The summed E-state index contributed by atoms with van der Waals surface area (Å²) in [7, 11) is -3.63. The van der Waals surface area contributed by atoms with Crippen molar-refractivity contribution in [2.24, 2.45) is 0 Å². The molecule has 2 aromatic carbocycles. The molecule has 0 unspecified atom stereocenters. The lowest BCUT2D eigenvalue weighted by atomic mass is 10.0. The number of aromatic nitrogens is 1. The topological polar surface area (TPSA) is 59.5 Å². The summed E-state index contributed by atoms with van der Waals surface area (Å²) in [5, 5.41) is 0.589. The lowest BCUT2D eigenvalue weighted by Crippen LogP contribution is -2.34. The van der Waals surface area contributed by atoms with Crippen LogP contribution in [0.15, 0.2) is 71.8 Å². The van der Waals surface area contributed by atoms with Crippen LogP contribution in [-0.2, 0) is 10.0 Å². The smallest absolute Gasteiger partial charge is 0.244 e. The van der Waals surface area contributed by atoms with E-state index in [1.807, 2.05) is 31.2 Å². The standard InChI is InChI=1S/C22H22N2O3S/c1-2-27-20-10-11-21(19-9-6-14-23-22(19)20)28(25,26)24-15-12-18(13-16-24)17-7-4-3-5-8-17/h3-12,14H,2,13,15-16H2,1H3. The Bertz CT molecular complexity index is 1120. The number of nitrogens with zero attached hydrogens (tertiary/aromatic N) is 2. The minimum atomic E-state index is -3.63. The van der Waals surface area contributed by atoms with Crippen molar-refractivity contribution >= 4 is 26.5 Å². The Kier molecular flexibility index (Phi) is 5.15. The van der Waals surface area contributed by atoms with Crippen LogP contribution in [0, 0.1) is 0 Å². The number of hydrogen-bond donors (Lipinski definition) is 0. The summed E-state index contributed by atoms with van der Waals surface area (Å²) in [5.41, 5.74) is 2.91. The normalized spacial score (nSPS) is 15.4. The summed E-state index contributed by atoms with van der Waals surface area (Å²) >= 11 is 0. The number of pyridine rings is 1. The molecule has 0 N–H and O–H groups in total. The number of sulfonamides is 1. The highest BCUT2D eigenvalue weighted by molar-refractivity contribution is 7.89. The van der Waals surface area contributed by atoms with Crippen LogP contribution >= 0.6 is 0 Å². The quantitative estimate of drug-likeness (QED) is 0.653. The fourth-order valence-electron chi connectivity index (χ4n) is 3.54. The van der Waals surface area contributed by atoms with Gasteiger partial charge in [0.1, 0.15) is 11.3 Å². The zero-order chi connectivity index (χ0) is 19.6. The first kappa shape index (κ1) is 18.7. The highest BCUT2D eigenvalue weighted by Gasteiger charge is 2.28. The monoisotopic (exact) mass is 394 g/mol. The van der Waals surface area contributed by atoms with Gasteiger partial charge in [0.25, 0.3) is 0 Å². The van der Waals surface area contributed by atoms with Gasteiger partial charge in [-0.15, -0.1) is 0 Å². The van der Waals surface area contributed by atoms with Crippen molar-refractivity contribution in [3.63, 3.8) is 0 Å². The Morgan fingerprint density at radius 3 is 2.61 bits per heavy atom. The predicted molar refractivity (Wildman–Crippen MR) is 111 cm³/mol. The van der Waals surface area contributed by atoms with Gasteiger partial charge in [0, 0.05) is 24.7 Å². The summed E-state index contributed by atoms with van der Waals surface area (Å²) in [6, 6.07) is 16.9. The van der Waals surface area contributed by atoms with E-state index in [0.717, 1.165) is 5.56 Å². The van der Waals surface area contributed by atoms with Crippen LogP contribution in [-0.4, -0.2) is 37.4 Å². The van der Waals surface area contributed by atoms with Crippen molar-refractivity contribution in [1.82, 2.24) is 9.29 Å². The van der Waals surface area contributed by atoms with Crippen LogP contribution in [0.5, 0.6) is 5.75 Å². The van der Waals surface area contributed by atoms with Crippen LogP contribution < -0.4 is 4.74 Å². The van der Waals surface area contributed by atoms with Crippen molar-refractivity contribution in [3.8, 4) is 5.75 Å². The molecule has 0 saturated carbocycles. The van der Waals surface area contributed by atoms with E-state index in [4.69, 9.17) is 4.74 Å². The van der Waals surface area contributed by atoms with E-state index in [2.05, 4.69) is 17.1 Å². The zero-order valence-corrected chi connectivity index (χ0v) is 16.5. The van der Waals surface area contributed by atoms with Gasteiger partial charge >= 0.3 is 0 Å². The molecule has 0 aliphatic carbocycles.